The summed E-state index contributed by atoms with van der Waals surface area (Å²) in [6.07, 6.45) is 1.16. The van der Waals surface area contributed by atoms with Crippen LogP contribution in [0.4, 0.5) is 4.39 Å². The average molecular weight is 208 g/mol. The number of hydrogen-bond acceptors (Lipinski definition) is 2. The van der Waals surface area contributed by atoms with Gasteiger partial charge in [-0.05, 0) is 24.3 Å². The van der Waals surface area contributed by atoms with Crippen molar-refractivity contribution in [1.82, 2.24) is 0 Å². The molecule has 0 fully saturated rings. The fourth-order valence-electron chi connectivity index (χ4n) is 1.01. The number of hydrogen-bond donors (Lipinski definition) is 1. The molecule has 0 radical (unpaired) electrons. The second-order valence-corrected chi connectivity index (χ2v) is 3.59. The van der Waals surface area contributed by atoms with Crippen molar-refractivity contribution in [3.05, 3.63) is 41.7 Å². The van der Waals surface area contributed by atoms with Crippen molar-refractivity contribution in [2.24, 2.45) is 5.92 Å². The Hall–Kier alpha value is -1.64. The first-order valence-electron chi connectivity index (χ1n) is 4.71. The minimum absolute atomic E-state index is 0.131. The number of halogens is 1. The molecule has 0 aliphatic rings. The van der Waals surface area contributed by atoms with Crippen LogP contribution in [-0.4, -0.2) is 10.9 Å². The molecule has 0 aromatic heterocycles. The fraction of sp³-hybridized carbons (Fsp3) is 0.250. The lowest BCUT2D eigenvalue weighted by Crippen LogP contribution is -2.03. The topological polar surface area (TPSA) is 37.3 Å². The van der Waals surface area contributed by atoms with E-state index in [0.29, 0.717) is 5.56 Å². The number of rotatable bonds is 3. The zero-order valence-electron chi connectivity index (χ0n) is 8.70. The zero-order valence-corrected chi connectivity index (χ0v) is 8.70. The molecular formula is C12H13FO2. The van der Waals surface area contributed by atoms with Crippen LogP contribution in [0.25, 0.3) is 5.76 Å². The molecule has 0 atom stereocenters. The van der Waals surface area contributed by atoms with E-state index in [1.807, 2.05) is 0 Å². The van der Waals surface area contributed by atoms with Crippen LogP contribution in [0.2, 0.25) is 0 Å². The van der Waals surface area contributed by atoms with Crippen LogP contribution in [-0.2, 0) is 4.79 Å². The lowest BCUT2D eigenvalue weighted by atomic mass is 10.1. The van der Waals surface area contributed by atoms with Gasteiger partial charge in [-0.15, -0.1) is 0 Å². The van der Waals surface area contributed by atoms with Crippen LogP contribution >= 0.6 is 0 Å². The third kappa shape index (κ3) is 3.20. The van der Waals surface area contributed by atoms with Crippen molar-refractivity contribution in [2.75, 3.05) is 0 Å². The third-order valence-electron chi connectivity index (χ3n) is 1.99. The van der Waals surface area contributed by atoms with Crippen molar-refractivity contribution in [3.8, 4) is 0 Å². The van der Waals surface area contributed by atoms with Crippen molar-refractivity contribution < 1.29 is 14.3 Å². The van der Waals surface area contributed by atoms with Gasteiger partial charge in [0.2, 0.25) is 0 Å². The van der Waals surface area contributed by atoms with Gasteiger partial charge in [-0.25, -0.2) is 4.39 Å². The average Bonchev–Trinajstić information content (AvgIpc) is 2.18. The van der Waals surface area contributed by atoms with Crippen LogP contribution in [0.15, 0.2) is 30.3 Å². The highest BCUT2D eigenvalue weighted by molar-refractivity contribution is 5.96. The Morgan fingerprint density at radius 3 is 2.33 bits per heavy atom. The lowest BCUT2D eigenvalue weighted by molar-refractivity contribution is -0.117. The molecule has 0 saturated heterocycles. The first-order chi connectivity index (χ1) is 7.00. The van der Waals surface area contributed by atoms with Crippen LogP contribution in [0.1, 0.15) is 19.4 Å². The van der Waals surface area contributed by atoms with Gasteiger partial charge in [0.25, 0.3) is 0 Å². The number of carbonyl (C=O) groups excluding carboxylic acids is 1. The molecule has 0 bridgehead atoms. The molecule has 80 valence electrons. The van der Waals surface area contributed by atoms with E-state index in [4.69, 9.17) is 0 Å². The van der Waals surface area contributed by atoms with Gasteiger partial charge in [-0.2, -0.15) is 0 Å². The molecule has 0 amide bonds. The van der Waals surface area contributed by atoms with E-state index in [2.05, 4.69) is 0 Å². The molecule has 1 aromatic rings. The third-order valence-corrected chi connectivity index (χ3v) is 1.99. The molecule has 1 N–H and O–H groups in total. The standard InChI is InChI=1S/C12H13FO2/c1-8(2)11(14)7-12(15)9-3-5-10(13)6-4-9/h3-8,15H,1-2H3/b12-7-. The Morgan fingerprint density at radius 2 is 1.87 bits per heavy atom. The van der Waals surface area contributed by atoms with Crippen LogP contribution < -0.4 is 0 Å². The summed E-state index contributed by atoms with van der Waals surface area (Å²) in [5.41, 5.74) is 0.436. The number of benzene rings is 1. The second-order valence-electron chi connectivity index (χ2n) is 3.59. The van der Waals surface area contributed by atoms with Crippen LogP contribution in [0.5, 0.6) is 0 Å². The van der Waals surface area contributed by atoms with Gasteiger partial charge in [0.1, 0.15) is 11.6 Å². The zero-order chi connectivity index (χ0) is 11.4. The monoisotopic (exact) mass is 208 g/mol. The fourth-order valence-corrected chi connectivity index (χ4v) is 1.01. The van der Waals surface area contributed by atoms with E-state index in [1.165, 1.54) is 24.3 Å². The Balaban J connectivity index is 2.89. The second kappa shape index (κ2) is 4.73. The van der Waals surface area contributed by atoms with E-state index in [9.17, 15) is 14.3 Å². The Bertz CT molecular complexity index is 377. The van der Waals surface area contributed by atoms with E-state index in [-0.39, 0.29) is 23.3 Å². The Labute approximate surface area is 88.1 Å². The highest BCUT2D eigenvalue weighted by atomic mass is 19.1. The summed E-state index contributed by atoms with van der Waals surface area (Å²) in [6, 6.07) is 5.32. The number of carbonyl (C=O) groups is 1. The molecule has 0 spiro atoms. The van der Waals surface area contributed by atoms with Crippen molar-refractivity contribution >= 4 is 11.5 Å². The molecule has 15 heavy (non-hydrogen) atoms. The molecule has 3 heteroatoms. The largest absolute Gasteiger partial charge is 0.507 e. The highest BCUT2D eigenvalue weighted by Gasteiger charge is 2.06. The first-order valence-corrected chi connectivity index (χ1v) is 4.71. The molecule has 2 nitrogen and oxygen atoms in total. The van der Waals surface area contributed by atoms with E-state index < -0.39 is 0 Å². The van der Waals surface area contributed by atoms with Crippen LogP contribution in [0.3, 0.4) is 0 Å². The summed E-state index contributed by atoms with van der Waals surface area (Å²) < 4.78 is 12.6. The predicted octanol–water partition coefficient (Wildman–Crippen LogP) is 2.95. The molecular weight excluding hydrogens is 195 g/mol. The van der Waals surface area contributed by atoms with E-state index >= 15 is 0 Å². The molecule has 0 aliphatic carbocycles. The van der Waals surface area contributed by atoms with Gasteiger partial charge < -0.3 is 5.11 Å². The van der Waals surface area contributed by atoms with Crippen LogP contribution in [0, 0.1) is 11.7 Å². The Kier molecular flexibility index (Phi) is 3.61. The highest BCUT2D eigenvalue weighted by Crippen LogP contribution is 2.13. The maximum Gasteiger partial charge on any atom is 0.161 e. The van der Waals surface area contributed by atoms with Crippen molar-refractivity contribution in [2.45, 2.75) is 13.8 Å². The summed E-state index contributed by atoms with van der Waals surface area (Å²) >= 11 is 0. The number of allylic oxidation sites excluding steroid dienone is 1. The van der Waals surface area contributed by atoms with E-state index in [0.717, 1.165) is 6.08 Å². The maximum absolute atomic E-state index is 12.6. The van der Waals surface area contributed by atoms with Crippen molar-refractivity contribution in [1.29, 1.82) is 0 Å². The van der Waals surface area contributed by atoms with Gasteiger partial charge in [0.05, 0.1) is 0 Å². The predicted molar refractivity (Wildman–Crippen MR) is 56.9 cm³/mol. The Morgan fingerprint density at radius 1 is 1.33 bits per heavy atom. The molecule has 0 unspecified atom stereocenters. The van der Waals surface area contributed by atoms with E-state index in [1.54, 1.807) is 13.8 Å². The van der Waals surface area contributed by atoms with Gasteiger partial charge in [-0.1, -0.05) is 13.8 Å². The number of aliphatic hydroxyl groups is 1. The van der Waals surface area contributed by atoms with Gasteiger partial charge in [0, 0.05) is 17.6 Å². The normalized spacial score (nSPS) is 11.9. The first kappa shape index (κ1) is 11.4. The summed E-state index contributed by atoms with van der Waals surface area (Å²) in [6.45, 7) is 3.49. The molecule has 1 aromatic carbocycles. The minimum atomic E-state index is -0.373. The summed E-state index contributed by atoms with van der Waals surface area (Å²) in [4.78, 5) is 11.3. The van der Waals surface area contributed by atoms with Gasteiger partial charge in [-0.3, -0.25) is 4.79 Å². The lowest BCUT2D eigenvalue weighted by Gasteiger charge is -2.01. The molecule has 1 rings (SSSR count). The SMILES string of the molecule is CC(C)C(=O)/C=C(\O)c1ccc(F)cc1. The summed E-state index contributed by atoms with van der Waals surface area (Å²) in [5, 5.41) is 9.55. The summed E-state index contributed by atoms with van der Waals surface area (Å²) in [7, 11) is 0. The quantitative estimate of drug-likeness (QED) is 0.612. The number of ketones is 1. The molecule has 0 heterocycles. The maximum atomic E-state index is 12.6. The molecule has 0 aliphatic heterocycles. The molecule has 0 saturated carbocycles. The van der Waals surface area contributed by atoms with Crippen molar-refractivity contribution in [3.63, 3.8) is 0 Å². The summed E-state index contributed by atoms with van der Waals surface area (Å²) in [5.74, 6) is -0.820. The minimum Gasteiger partial charge on any atom is -0.507 e. The number of aliphatic hydroxyl groups excluding tert-OH is 1. The van der Waals surface area contributed by atoms with Gasteiger partial charge >= 0.3 is 0 Å². The van der Waals surface area contributed by atoms with Gasteiger partial charge in [0.15, 0.2) is 5.78 Å². The smallest absolute Gasteiger partial charge is 0.161 e.